The van der Waals surface area contributed by atoms with E-state index in [1.807, 2.05) is 6.92 Å². The number of aliphatic hydroxyl groups excluding tert-OH is 1. The van der Waals surface area contributed by atoms with E-state index in [0.717, 1.165) is 32.4 Å². The molecule has 2 fully saturated rings. The van der Waals surface area contributed by atoms with Crippen LogP contribution in [-0.4, -0.2) is 38.8 Å². The van der Waals surface area contributed by atoms with Crippen LogP contribution in [-0.2, 0) is 6.54 Å². The molecule has 100 valence electrons. The lowest BCUT2D eigenvalue weighted by atomic mass is 9.94. The maximum absolute atomic E-state index is 10.1. The van der Waals surface area contributed by atoms with Crippen molar-refractivity contribution in [1.82, 2.24) is 15.0 Å². The summed E-state index contributed by atoms with van der Waals surface area (Å²) in [6.45, 7) is 3.65. The lowest BCUT2D eigenvalue weighted by molar-refractivity contribution is 0.0676. The molecular formula is C13H21N3O2. The van der Waals surface area contributed by atoms with E-state index < -0.39 is 0 Å². The van der Waals surface area contributed by atoms with Crippen molar-refractivity contribution in [3.8, 4) is 0 Å². The van der Waals surface area contributed by atoms with Crippen LogP contribution in [0.5, 0.6) is 0 Å². The third-order valence-electron chi connectivity index (χ3n) is 4.35. The Morgan fingerprint density at radius 1 is 1.33 bits per heavy atom. The maximum Gasteiger partial charge on any atom is 0.240 e. The standard InChI is InChI=1S/C13H21N3O2/c1-9-14-13(18-15-9)8-16-7-3-5-11(16)10-4-2-6-12(10)17/h10-12,17H,2-8H2,1H3. The van der Waals surface area contributed by atoms with Gasteiger partial charge in [0.15, 0.2) is 5.82 Å². The zero-order valence-electron chi connectivity index (χ0n) is 10.9. The molecule has 3 unspecified atom stereocenters. The summed E-state index contributed by atoms with van der Waals surface area (Å²) in [6.07, 6.45) is 5.57. The molecule has 0 aromatic carbocycles. The Balaban J connectivity index is 1.67. The number of aromatic nitrogens is 2. The third-order valence-corrected chi connectivity index (χ3v) is 4.35. The summed E-state index contributed by atoms with van der Waals surface area (Å²) in [6, 6.07) is 0.495. The van der Waals surface area contributed by atoms with Crippen molar-refractivity contribution in [2.45, 2.75) is 57.7 Å². The monoisotopic (exact) mass is 251 g/mol. The van der Waals surface area contributed by atoms with Gasteiger partial charge in [0.05, 0.1) is 12.6 Å². The van der Waals surface area contributed by atoms with Gasteiger partial charge in [-0.05, 0) is 39.2 Å². The van der Waals surface area contributed by atoms with E-state index in [4.69, 9.17) is 4.52 Å². The number of rotatable bonds is 3. The van der Waals surface area contributed by atoms with Gasteiger partial charge in [0.1, 0.15) is 0 Å². The van der Waals surface area contributed by atoms with Crippen LogP contribution in [0.25, 0.3) is 0 Å². The number of aliphatic hydroxyl groups is 1. The first kappa shape index (κ1) is 12.1. The van der Waals surface area contributed by atoms with Gasteiger partial charge in [0, 0.05) is 12.0 Å². The second-order valence-electron chi connectivity index (χ2n) is 5.58. The summed E-state index contributed by atoms with van der Waals surface area (Å²) in [5.41, 5.74) is 0. The molecule has 0 radical (unpaired) electrons. The van der Waals surface area contributed by atoms with Crippen LogP contribution in [0.3, 0.4) is 0 Å². The van der Waals surface area contributed by atoms with Gasteiger partial charge in [-0.2, -0.15) is 4.98 Å². The third kappa shape index (κ3) is 2.29. The van der Waals surface area contributed by atoms with Crippen LogP contribution in [0.2, 0.25) is 0 Å². The van der Waals surface area contributed by atoms with E-state index in [-0.39, 0.29) is 6.10 Å². The predicted octanol–water partition coefficient (Wildman–Crippen LogP) is 1.50. The maximum atomic E-state index is 10.1. The molecular weight excluding hydrogens is 230 g/mol. The molecule has 1 aromatic rings. The molecule has 3 atom stereocenters. The Kier molecular flexibility index (Phi) is 3.35. The number of hydrogen-bond donors (Lipinski definition) is 1. The molecule has 1 saturated carbocycles. The Hall–Kier alpha value is -0.940. The Labute approximate surface area is 107 Å². The number of nitrogens with zero attached hydrogens (tertiary/aromatic N) is 3. The zero-order chi connectivity index (χ0) is 12.5. The van der Waals surface area contributed by atoms with Crippen molar-refractivity contribution in [2.24, 2.45) is 5.92 Å². The highest BCUT2D eigenvalue weighted by Crippen LogP contribution is 2.36. The molecule has 1 saturated heterocycles. The van der Waals surface area contributed by atoms with Gasteiger partial charge in [-0.15, -0.1) is 0 Å². The van der Waals surface area contributed by atoms with Gasteiger partial charge in [-0.25, -0.2) is 0 Å². The average molecular weight is 251 g/mol. The van der Waals surface area contributed by atoms with Crippen LogP contribution >= 0.6 is 0 Å². The zero-order valence-corrected chi connectivity index (χ0v) is 10.9. The Morgan fingerprint density at radius 2 is 2.22 bits per heavy atom. The first-order valence-corrected chi connectivity index (χ1v) is 6.95. The average Bonchev–Trinajstić information content (AvgIpc) is 3.02. The summed E-state index contributed by atoms with van der Waals surface area (Å²) >= 11 is 0. The largest absolute Gasteiger partial charge is 0.393 e. The normalized spacial score (nSPS) is 33.3. The van der Waals surface area contributed by atoms with Gasteiger partial charge >= 0.3 is 0 Å². The lowest BCUT2D eigenvalue weighted by Gasteiger charge is -2.30. The van der Waals surface area contributed by atoms with E-state index in [1.54, 1.807) is 0 Å². The minimum Gasteiger partial charge on any atom is -0.393 e. The van der Waals surface area contributed by atoms with Crippen molar-refractivity contribution in [3.63, 3.8) is 0 Å². The molecule has 18 heavy (non-hydrogen) atoms. The van der Waals surface area contributed by atoms with Gasteiger partial charge < -0.3 is 9.63 Å². The van der Waals surface area contributed by atoms with E-state index in [2.05, 4.69) is 15.0 Å². The SMILES string of the molecule is Cc1noc(CN2CCCC2C2CCCC2O)n1. The summed E-state index contributed by atoms with van der Waals surface area (Å²) in [7, 11) is 0. The van der Waals surface area contributed by atoms with Crippen LogP contribution in [0, 0.1) is 12.8 Å². The van der Waals surface area contributed by atoms with E-state index in [0.29, 0.717) is 23.7 Å². The van der Waals surface area contributed by atoms with Gasteiger partial charge in [-0.1, -0.05) is 11.6 Å². The van der Waals surface area contributed by atoms with Crippen molar-refractivity contribution in [3.05, 3.63) is 11.7 Å². The fourth-order valence-corrected chi connectivity index (χ4v) is 3.53. The van der Waals surface area contributed by atoms with Crippen LogP contribution in [0.15, 0.2) is 4.52 Å². The lowest BCUT2D eigenvalue weighted by Crippen LogP contribution is -2.38. The first-order chi connectivity index (χ1) is 8.74. The Morgan fingerprint density at radius 3 is 2.89 bits per heavy atom. The fraction of sp³-hybridized carbons (Fsp3) is 0.846. The fourth-order valence-electron chi connectivity index (χ4n) is 3.53. The molecule has 1 N–H and O–H groups in total. The second-order valence-corrected chi connectivity index (χ2v) is 5.58. The number of likely N-dealkylation sites (tertiary alicyclic amines) is 1. The number of aryl methyl sites for hydroxylation is 1. The molecule has 5 nitrogen and oxygen atoms in total. The summed E-state index contributed by atoms with van der Waals surface area (Å²) in [4.78, 5) is 6.68. The summed E-state index contributed by atoms with van der Waals surface area (Å²) < 4.78 is 5.20. The highest BCUT2D eigenvalue weighted by molar-refractivity contribution is 4.93. The highest BCUT2D eigenvalue weighted by atomic mass is 16.5. The van der Waals surface area contributed by atoms with Crippen molar-refractivity contribution < 1.29 is 9.63 Å². The highest BCUT2D eigenvalue weighted by Gasteiger charge is 2.38. The molecule has 0 spiro atoms. The number of hydrogen-bond acceptors (Lipinski definition) is 5. The van der Waals surface area contributed by atoms with E-state index in [1.165, 1.54) is 12.8 Å². The second kappa shape index (κ2) is 4.97. The van der Waals surface area contributed by atoms with Gasteiger partial charge in [0.25, 0.3) is 0 Å². The van der Waals surface area contributed by atoms with Crippen LogP contribution in [0.1, 0.15) is 43.8 Å². The van der Waals surface area contributed by atoms with Crippen LogP contribution in [0.4, 0.5) is 0 Å². The molecule has 0 bridgehead atoms. The van der Waals surface area contributed by atoms with E-state index >= 15 is 0 Å². The minimum absolute atomic E-state index is 0.111. The molecule has 1 aliphatic carbocycles. The van der Waals surface area contributed by atoms with E-state index in [9.17, 15) is 5.11 Å². The van der Waals surface area contributed by atoms with Gasteiger partial charge in [-0.3, -0.25) is 4.90 Å². The predicted molar refractivity (Wildman–Crippen MR) is 65.8 cm³/mol. The molecule has 0 amide bonds. The smallest absolute Gasteiger partial charge is 0.240 e. The molecule has 3 rings (SSSR count). The summed E-state index contributed by atoms with van der Waals surface area (Å²) in [5, 5.41) is 13.9. The molecule has 2 aliphatic rings. The molecule has 2 heterocycles. The van der Waals surface area contributed by atoms with Crippen molar-refractivity contribution in [2.75, 3.05) is 6.54 Å². The minimum atomic E-state index is -0.111. The summed E-state index contributed by atoms with van der Waals surface area (Å²) in [5.74, 6) is 1.84. The van der Waals surface area contributed by atoms with Crippen molar-refractivity contribution >= 4 is 0 Å². The first-order valence-electron chi connectivity index (χ1n) is 6.95. The van der Waals surface area contributed by atoms with Gasteiger partial charge in [0.2, 0.25) is 5.89 Å². The molecule has 5 heteroatoms. The topological polar surface area (TPSA) is 62.4 Å². The van der Waals surface area contributed by atoms with Crippen LogP contribution < -0.4 is 0 Å². The quantitative estimate of drug-likeness (QED) is 0.882. The Bertz CT molecular complexity index is 407. The molecule has 1 aliphatic heterocycles. The van der Waals surface area contributed by atoms with Crippen molar-refractivity contribution in [1.29, 1.82) is 0 Å². The molecule has 1 aromatic heterocycles.